The van der Waals surface area contributed by atoms with Crippen LogP contribution in [-0.2, 0) is 0 Å². The smallest absolute Gasteiger partial charge is 0.0478 e. The first-order chi connectivity index (χ1) is 10.1. The van der Waals surface area contributed by atoms with Crippen LogP contribution < -0.4 is 5.32 Å². The standard InChI is InChI=1S/C18H29NS2/c1-5-15(19-17-9-7-8-10-18(17)20)13-21-16(6-2)12-11-14(3)4/h7-10,12,14-15,19-20H,5-6,11,13H2,1-4H3/b16-12+/t15-/m1/s1. The molecule has 0 radical (unpaired) electrons. The highest BCUT2D eigenvalue weighted by Crippen LogP contribution is 2.25. The number of hydrogen-bond acceptors (Lipinski definition) is 3. The summed E-state index contributed by atoms with van der Waals surface area (Å²) >= 11 is 6.51. The van der Waals surface area contributed by atoms with Crippen molar-refractivity contribution in [2.45, 2.75) is 57.9 Å². The first kappa shape index (κ1) is 18.5. The molecule has 0 aromatic heterocycles. The molecule has 1 nitrogen and oxygen atoms in total. The Kier molecular flexibility index (Phi) is 9.02. The molecule has 0 bridgehead atoms. The third-order valence-corrected chi connectivity index (χ3v) is 5.18. The lowest BCUT2D eigenvalue weighted by atomic mass is 10.1. The van der Waals surface area contributed by atoms with Gasteiger partial charge in [-0.3, -0.25) is 0 Å². The number of allylic oxidation sites excluding steroid dienone is 2. The zero-order valence-electron chi connectivity index (χ0n) is 13.7. The maximum Gasteiger partial charge on any atom is 0.0478 e. The highest BCUT2D eigenvalue weighted by molar-refractivity contribution is 8.03. The number of para-hydroxylation sites is 1. The highest BCUT2D eigenvalue weighted by Gasteiger charge is 2.09. The fraction of sp³-hybridized carbons (Fsp3) is 0.556. The Morgan fingerprint density at radius 1 is 1.29 bits per heavy atom. The molecule has 0 aliphatic carbocycles. The van der Waals surface area contributed by atoms with E-state index in [4.69, 9.17) is 0 Å². The molecule has 1 N–H and O–H groups in total. The Morgan fingerprint density at radius 3 is 2.57 bits per heavy atom. The van der Waals surface area contributed by atoms with Gasteiger partial charge in [0.05, 0.1) is 0 Å². The molecule has 3 heteroatoms. The van der Waals surface area contributed by atoms with Crippen LogP contribution in [0.1, 0.15) is 47.0 Å². The SMILES string of the molecule is CC/C(=C\CC(C)C)SC[C@@H](CC)Nc1ccccc1S. The lowest BCUT2D eigenvalue weighted by molar-refractivity contribution is 0.662. The van der Waals surface area contributed by atoms with Gasteiger partial charge in [0.15, 0.2) is 0 Å². The summed E-state index contributed by atoms with van der Waals surface area (Å²) in [5, 5.41) is 3.62. The van der Waals surface area contributed by atoms with Crippen molar-refractivity contribution in [3.63, 3.8) is 0 Å². The van der Waals surface area contributed by atoms with Crippen LogP contribution in [0.15, 0.2) is 40.1 Å². The molecule has 0 saturated carbocycles. The minimum absolute atomic E-state index is 0.484. The topological polar surface area (TPSA) is 12.0 Å². The van der Waals surface area contributed by atoms with E-state index in [1.54, 1.807) is 0 Å². The number of nitrogens with one attached hydrogen (secondary N) is 1. The second-order valence-corrected chi connectivity index (χ2v) is 7.36. The van der Waals surface area contributed by atoms with Gasteiger partial charge < -0.3 is 5.32 Å². The fourth-order valence-corrected chi connectivity index (χ4v) is 3.33. The molecule has 0 fully saturated rings. The van der Waals surface area contributed by atoms with E-state index in [1.165, 1.54) is 11.3 Å². The lowest BCUT2D eigenvalue weighted by Gasteiger charge is -2.19. The average Bonchev–Trinajstić information content (AvgIpc) is 2.47. The van der Waals surface area contributed by atoms with Gasteiger partial charge in [0.2, 0.25) is 0 Å². The predicted octanol–water partition coefficient (Wildman–Crippen LogP) is 6.24. The van der Waals surface area contributed by atoms with Gasteiger partial charge in [-0.1, -0.05) is 45.9 Å². The number of rotatable bonds is 9. The molecular weight excluding hydrogens is 294 g/mol. The van der Waals surface area contributed by atoms with Gasteiger partial charge in [0.25, 0.3) is 0 Å². The molecule has 0 heterocycles. The maximum absolute atomic E-state index is 4.51. The van der Waals surface area contributed by atoms with Crippen molar-refractivity contribution in [1.29, 1.82) is 0 Å². The van der Waals surface area contributed by atoms with E-state index < -0.39 is 0 Å². The van der Waals surface area contributed by atoms with Crippen molar-refractivity contribution in [2.75, 3.05) is 11.1 Å². The summed E-state index contributed by atoms with van der Waals surface area (Å²) in [4.78, 5) is 2.54. The van der Waals surface area contributed by atoms with E-state index in [9.17, 15) is 0 Å². The Labute approximate surface area is 140 Å². The Bertz CT molecular complexity index is 441. The highest BCUT2D eigenvalue weighted by atomic mass is 32.2. The van der Waals surface area contributed by atoms with Gasteiger partial charge >= 0.3 is 0 Å². The average molecular weight is 324 g/mol. The van der Waals surface area contributed by atoms with E-state index >= 15 is 0 Å². The molecule has 0 saturated heterocycles. The van der Waals surface area contributed by atoms with Crippen LogP contribution in [0.4, 0.5) is 5.69 Å². The molecule has 1 aromatic rings. The predicted molar refractivity (Wildman–Crippen MR) is 102 cm³/mol. The molecule has 0 amide bonds. The first-order valence-corrected chi connectivity index (χ1v) is 9.36. The van der Waals surface area contributed by atoms with E-state index in [2.05, 4.69) is 63.8 Å². The second kappa shape index (κ2) is 10.2. The molecule has 0 aliphatic rings. The van der Waals surface area contributed by atoms with E-state index in [-0.39, 0.29) is 0 Å². The molecule has 1 aromatic carbocycles. The van der Waals surface area contributed by atoms with Crippen molar-refractivity contribution in [3.05, 3.63) is 35.2 Å². The van der Waals surface area contributed by atoms with Crippen LogP contribution >= 0.6 is 24.4 Å². The third-order valence-electron chi connectivity index (χ3n) is 3.39. The first-order valence-electron chi connectivity index (χ1n) is 7.93. The normalized spacial score (nSPS) is 13.5. The quantitative estimate of drug-likeness (QED) is 0.522. The number of hydrogen-bond donors (Lipinski definition) is 2. The maximum atomic E-state index is 4.51. The summed E-state index contributed by atoms with van der Waals surface area (Å²) in [5.41, 5.74) is 1.14. The number of thiol groups is 1. The van der Waals surface area contributed by atoms with Gasteiger partial charge in [0.1, 0.15) is 0 Å². The molecule has 1 atom stereocenters. The van der Waals surface area contributed by atoms with Gasteiger partial charge in [-0.2, -0.15) is 0 Å². The minimum atomic E-state index is 0.484. The minimum Gasteiger partial charge on any atom is -0.381 e. The molecule has 21 heavy (non-hydrogen) atoms. The Hall–Kier alpha value is -0.540. The molecule has 1 rings (SSSR count). The van der Waals surface area contributed by atoms with Crippen molar-refractivity contribution < 1.29 is 0 Å². The summed E-state index contributed by atoms with van der Waals surface area (Å²) in [5.74, 6) is 1.85. The number of thioether (sulfide) groups is 1. The van der Waals surface area contributed by atoms with Crippen LogP contribution in [0.3, 0.4) is 0 Å². The van der Waals surface area contributed by atoms with Gasteiger partial charge in [0, 0.05) is 22.4 Å². The van der Waals surface area contributed by atoms with Crippen LogP contribution in [-0.4, -0.2) is 11.8 Å². The third kappa shape index (κ3) is 7.32. The van der Waals surface area contributed by atoms with Crippen LogP contribution in [0.5, 0.6) is 0 Å². The van der Waals surface area contributed by atoms with Gasteiger partial charge in [-0.25, -0.2) is 0 Å². The lowest BCUT2D eigenvalue weighted by Crippen LogP contribution is -2.21. The van der Waals surface area contributed by atoms with E-state index in [0.717, 1.165) is 35.1 Å². The number of benzene rings is 1. The summed E-state index contributed by atoms with van der Waals surface area (Å²) < 4.78 is 0. The summed E-state index contributed by atoms with van der Waals surface area (Å²) in [6, 6.07) is 8.70. The summed E-state index contributed by atoms with van der Waals surface area (Å²) in [6.07, 6.45) is 5.85. The monoisotopic (exact) mass is 323 g/mol. The fourth-order valence-electron chi connectivity index (χ4n) is 1.96. The van der Waals surface area contributed by atoms with Crippen LogP contribution in [0, 0.1) is 5.92 Å². The van der Waals surface area contributed by atoms with Gasteiger partial charge in [-0.15, -0.1) is 24.4 Å². The zero-order chi connectivity index (χ0) is 15.7. The Morgan fingerprint density at radius 2 is 2.00 bits per heavy atom. The van der Waals surface area contributed by atoms with Crippen molar-refractivity contribution in [3.8, 4) is 0 Å². The molecule has 0 aliphatic heterocycles. The molecule has 0 spiro atoms. The molecular formula is C18H29NS2. The molecule has 0 unspecified atom stereocenters. The van der Waals surface area contributed by atoms with E-state index in [0.29, 0.717) is 6.04 Å². The van der Waals surface area contributed by atoms with Crippen molar-refractivity contribution in [1.82, 2.24) is 0 Å². The summed E-state index contributed by atoms with van der Waals surface area (Å²) in [7, 11) is 0. The number of anilines is 1. The van der Waals surface area contributed by atoms with Gasteiger partial charge in [-0.05, 0) is 42.2 Å². The van der Waals surface area contributed by atoms with Crippen molar-refractivity contribution in [2.24, 2.45) is 5.92 Å². The van der Waals surface area contributed by atoms with E-state index in [1.807, 2.05) is 23.9 Å². The Balaban J connectivity index is 2.54. The largest absolute Gasteiger partial charge is 0.381 e. The zero-order valence-corrected chi connectivity index (χ0v) is 15.4. The molecule has 118 valence electrons. The van der Waals surface area contributed by atoms with Crippen LogP contribution in [0.25, 0.3) is 0 Å². The van der Waals surface area contributed by atoms with Crippen molar-refractivity contribution >= 4 is 30.1 Å². The van der Waals surface area contributed by atoms with Crippen LogP contribution in [0.2, 0.25) is 0 Å². The summed E-state index contributed by atoms with van der Waals surface area (Å²) in [6.45, 7) is 9.03. The second-order valence-electron chi connectivity index (χ2n) is 5.73.